The van der Waals surface area contributed by atoms with E-state index in [-0.39, 0.29) is 0 Å². The van der Waals surface area contributed by atoms with Crippen molar-refractivity contribution in [3.8, 4) is 0 Å². The number of hydrogen-bond donors (Lipinski definition) is 1. The maximum Gasteiger partial charge on any atom is 0.111 e. The Morgan fingerprint density at radius 2 is 2.27 bits per heavy atom. The summed E-state index contributed by atoms with van der Waals surface area (Å²) in [6.07, 6.45) is 0.909. The summed E-state index contributed by atoms with van der Waals surface area (Å²) in [5.74, 6) is 0. The molecule has 1 aromatic heterocycles. The fourth-order valence-corrected chi connectivity index (χ4v) is 2.34. The van der Waals surface area contributed by atoms with Crippen molar-refractivity contribution in [2.75, 3.05) is 6.54 Å². The van der Waals surface area contributed by atoms with Gasteiger partial charge in [-0.25, -0.2) is 0 Å². The van der Waals surface area contributed by atoms with Gasteiger partial charge in [-0.3, -0.25) is 4.68 Å². The van der Waals surface area contributed by atoms with E-state index in [0.717, 1.165) is 28.5 Å². The standard InChI is InChI=1S/C11H14BrN3/c1-2-15-11(12)9-4-3-8(5-6-13)7-10(9)14-15/h3-4,7H,2,5-6,13H2,1H3. The first-order chi connectivity index (χ1) is 7.26. The maximum atomic E-state index is 5.53. The third-order valence-corrected chi connectivity index (χ3v) is 3.31. The molecule has 0 aliphatic carbocycles. The Labute approximate surface area is 97.4 Å². The molecular weight excluding hydrogens is 254 g/mol. The van der Waals surface area contributed by atoms with Crippen molar-refractivity contribution in [3.05, 3.63) is 28.4 Å². The molecule has 15 heavy (non-hydrogen) atoms. The Balaban J connectivity index is 2.53. The Morgan fingerprint density at radius 1 is 1.47 bits per heavy atom. The zero-order chi connectivity index (χ0) is 10.8. The summed E-state index contributed by atoms with van der Waals surface area (Å²) in [6, 6.07) is 6.32. The molecule has 2 rings (SSSR count). The van der Waals surface area contributed by atoms with Gasteiger partial charge in [-0.15, -0.1) is 0 Å². The Morgan fingerprint density at radius 3 is 2.93 bits per heavy atom. The van der Waals surface area contributed by atoms with Crippen molar-refractivity contribution in [1.82, 2.24) is 9.78 Å². The van der Waals surface area contributed by atoms with Gasteiger partial charge in [0.05, 0.1) is 5.52 Å². The first-order valence-corrected chi connectivity index (χ1v) is 5.90. The van der Waals surface area contributed by atoms with E-state index in [2.05, 4.69) is 46.2 Å². The summed E-state index contributed by atoms with van der Waals surface area (Å²) >= 11 is 3.55. The predicted molar refractivity (Wildman–Crippen MR) is 65.9 cm³/mol. The summed E-state index contributed by atoms with van der Waals surface area (Å²) in [7, 11) is 0. The van der Waals surface area contributed by atoms with Gasteiger partial charge in [-0.05, 0) is 53.5 Å². The van der Waals surface area contributed by atoms with Crippen LogP contribution in [0.15, 0.2) is 22.8 Å². The molecular formula is C11H14BrN3. The molecule has 0 atom stereocenters. The van der Waals surface area contributed by atoms with Gasteiger partial charge < -0.3 is 5.73 Å². The van der Waals surface area contributed by atoms with Crippen LogP contribution in [-0.4, -0.2) is 16.3 Å². The van der Waals surface area contributed by atoms with E-state index in [1.54, 1.807) is 0 Å². The fourth-order valence-electron chi connectivity index (χ4n) is 1.68. The highest BCUT2D eigenvalue weighted by atomic mass is 79.9. The largest absolute Gasteiger partial charge is 0.330 e. The molecule has 0 aliphatic heterocycles. The second-order valence-electron chi connectivity index (χ2n) is 3.50. The summed E-state index contributed by atoms with van der Waals surface area (Å²) < 4.78 is 3.01. The molecule has 0 aliphatic rings. The van der Waals surface area contributed by atoms with Gasteiger partial charge in [0.15, 0.2) is 0 Å². The van der Waals surface area contributed by atoms with E-state index in [4.69, 9.17) is 5.73 Å². The van der Waals surface area contributed by atoms with Gasteiger partial charge in [0.2, 0.25) is 0 Å². The number of aromatic nitrogens is 2. The lowest BCUT2D eigenvalue weighted by molar-refractivity contribution is 0.653. The number of aryl methyl sites for hydroxylation is 1. The number of halogens is 1. The van der Waals surface area contributed by atoms with E-state index in [0.29, 0.717) is 6.54 Å². The third-order valence-electron chi connectivity index (χ3n) is 2.47. The van der Waals surface area contributed by atoms with Gasteiger partial charge in [-0.2, -0.15) is 5.10 Å². The van der Waals surface area contributed by atoms with E-state index >= 15 is 0 Å². The van der Waals surface area contributed by atoms with E-state index < -0.39 is 0 Å². The Bertz CT molecular complexity index is 476. The normalized spacial score (nSPS) is 11.1. The van der Waals surface area contributed by atoms with Crippen molar-refractivity contribution in [2.45, 2.75) is 19.9 Å². The molecule has 1 aromatic carbocycles. The van der Waals surface area contributed by atoms with Gasteiger partial charge in [0.25, 0.3) is 0 Å². The smallest absolute Gasteiger partial charge is 0.111 e. The van der Waals surface area contributed by atoms with Crippen molar-refractivity contribution in [2.24, 2.45) is 5.73 Å². The van der Waals surface area contributed by atoms with E-state index in [1.807, 2.05) is 4.68 Å². The van der Waals surface area contributed by atoms with Crippen LogP contribution in [0.3, 0.4) is 0 Å². The highest BCUT2D eigenvalue weighted by Gasteiger charge is 2.07. The van der Waals surface area contributed by atoms with Crippen LogP contribution < -0.4 is 5.73 Å². The molecule has 0 amide bonds. The number of benzene rings is 1. The Hall–Kier alpha value is -0.870. The van der Waals surface area contributed by atoms with Gasteiger partial charge >= 0.3 is 0 Å². The highest BCUT2D eigenvalue weighted by molar-refractivity contribution is 9.10. The first kappa shape index (κ1) is 10.6. The summed E-state index contributed by atoms with van der Waals surface area (Å²) in [5.41, 5.74) is 7.82. The minimum Gasteiger partial charge on any atom is -0.330 e. The molecule has 0 unspecified atom stereocenters. The van der Waals surface area contributed by atoms with Crippen LogP contribution >= 0.6 is 15.9 Å². The molecule has 0 spiro atoms. The maximum absolute atomic E-state index is 5.53. The molecule has 0 saturated carbocycles. The summed E-state index contributed by atoms with van der Waals surface area (Å²) in [6.45, 7) is 3.64. The zero-order valence-electron chi connectivity index (χ0n) is 8.70. The van der Waals surface area contributed by atoms with Crippen molar-refractivity contribution < 1.29 is 0 Å². The fraction of sp³-hybridized carbons (Fsp3) is 0.364. The predicted octanol–water partition coefficient (Wildman–Crippen LogP) is 2.32. The quantitative estimate of drug-likeness (QED) is 0.928. The van der Waals surface area contributed by atoms with Crippen LogP contribution in [0, 0.1) is 0 Å². The van der Waals surface area contributed by atoms with Crippen LogP contribution in [0.4, 0.5) is 0 Å². The zero-order valence-corrected chi connectivity index (χ0v) is 10.3. The Kier molecular flexibility index (Phi) is 3.07. The molecule has 0 saturated heterocycles. The van der Waals surface area contributed by atoms with Crippen LogP contribution in [0.25, 0.3) is 10.9 Å². The topological polar surface area (TPSA) is 43.8 Å². The monoisotopic (exact) mass is 267 g/mol. The SMILES string of the molecule is CCn1nc2cc(CCN)ccc2c1Br. The average molecular weight is 268 g/mol. The molecule has 3 nitrogen and oxygen atoms in total. The number of hydrogen-bond acceptors (Lipinski definition) is 2. The van der Waals surface area contributed by atoms with E-state index in [1.165, 1.54) is 5.56 Å². The minimum absolute atomic E-state index is 0.682. The van der Waals surface area contributed by atoms with Crippen LogP contribution in [-0.2, 0) is 13.0 Å². The lowest BCUT2D eigenvalue weighted by Crippen LogP contribution is -2.02. The van der Waals surface area contributed by atoms with Crippen molar-refractivity contribution in [3.63, 3.8) is 0 Å². The third kappa shape index (κ3) is 1.92. The average Bonchev–Trinajstić information content (AvgIpc) is 2.56. The van der Waals surface area contributed by atoms with E-state index in [9.17, 15) is 0 Å². The second kappa shape index (κ2) is 4.33. The van der Waals surface area contributed by atoms with Crippen molar-refractivity contribution in [1.29, 1.82) is 0 Å². The van der Waals surface area contributed by atoms with Crippen LogP contribution in [0.2, 0.25) is 0 Å². The molecule has 4 heteroatoms. The molecule has 0 bridgehead atoms. The molecule has 80 valence electrons. The number of fused-ring (bicyclic) bond motifs is 1. The first-order valence-electron chi connectivity index (χ1n) is 5.11. The highest BCUT2D eigenvalue weighted by Crippen LogP contribution is 2.24. The van der Waals surface area contributed by atoms with Gasteiger partial charge in [-0.1, -0.05) is 6.07 Å². The lowest BCUT2D eigenvalue weighted by Gasteiger charge is -1.97. The van der Waals surface area contributed by atoms with Crippen LogP contribution in [0.5, 0.6) is 0 Å². The number of nitrogens with zero attached hydrogens (tertiary/aromatic N) is 2. The lowest BCUT2D eigenvalue weighted by atomic mass is 10.1. The van der Waals surface area contributed by atoms with Gasteiger partial charge in [0, 0.05) is 11.9 Å². The van der Waals surface area contributed by atoms with Crippen LogP contribution in [0.1, 0.15) is 12.5 Å². The summed E-state index contributed by atoms with van der Waals surface area (Å²) in [4.78, 5) is 0. The molecule has 0 radical (unpaired) electrons. The number of nitrogens with two attached hydrogens (primary N) is 1. The molecule has 2 N–H and O–H groups in total. The minimum atomic E-state index is 0.682. The van der Waals surface area contributed by atoms with Crippen molar-refractivity contribution >= 4 is 26.8 Å². The molecule has 0 fully saturated rings. The molecule has 1 heterocycles. The summed E-state index contributed by atoms with van der Waals surface area (Å²) in [5, 5.41) is 5.67. The second-order valence-corrected chi connectivity index (χ2v) is 4.25. The number of rotatable bonds is 3. The molecule has 2 aromatic rings. The van der Waals surface area contributed by atoms with Gasteiger partial charge in [0.1, 0.15) is 4.60 Å².